The molecule has 1 aromatic heterocycles. The molecule has 8 nitrogen and oxygen atoms in total. The molecule has 28 heavy (non-hydrogen) atoms. The largest absolute Gasteiger partial charge is 0.484 e. The fourth-order valence-corrected chi connectivity index (χ4v) is 2.70. The van der Waals surface area contributed by atoms with Crippen LogP contribution in [0.5, 0.6) is 5.75 Å². The van der Waals surface area contributed by atoms with Crippen molar-refractivity contribution in [3.05, 3.63) is 54.1 Å². The first-order valence-corrected chi connectivity index (χ1v) is 8.88. The molecule has 1 fully saturated rings. The molecule has 0 atom stereocenters. The van der Waals surface area contributed by atoms with Crippen molar-refractivity contribution >= 4 is 23.7 Å². The lowest BCUT2D eigenvalue weighted by molar-refractivity contribution is -0.132. The zero-order chi connectivity index (χ0) is 19.9. The van der Waals surface area contributed by atoms with Crippen LogP contribution in [-0.4, -0.2) is 65.0 Å². The normalized spacial score (nSPS) is 14.6. The van der Waals surface area contributed by atoms with Crippen LogP contribution in [0.2, 0.25) is 0 Å². The molecule has 3 rings (SSSR count). The topological polar surface area (TPSA) is 90.7 Å². The Morgan fingerprint density at radius 3 is 2.50 bits per heavy atom. The molecule has 2 aromatic rings. The Hall–Kier alpha value is -3.26. The predicted molar refractivity (Wildman–Crippen MR) is 101 cm³/mol. The Labute approximate surface area is 162 Å². The summed E-state index contributed by atoms with van der Waals surface area (Å²) in [6.07, 6.45) is 6.05. The maximum atomic E-state index is 12.6. The Morgan fingerprint density at radius 1 is 1.18 bits per heavy atom. The van der Waals surface area contributed by atoms with Gasteiger partial charge in [-0.1, -0.05) is 12.1 Å². The van der Waals surface area contributed by atoms with Crippen LogP contribution in [0.15, 0.2) is 48.6 Å². The van der Waals surface area contributed by atoms with E-state index in [4.69, 9.17) is 9.47 Å². The number of carbonyl (C=O) groups is 3. The number of carbonyl (C=O) groups excluding carboxylic acids is 3. The van der Waals surface area contributed by atoms with Crippen molar-refractivity contribution in [2.45, 2.75) is 6.92 Å². The number of rotatable bonds is 6. The molecule has 1 aliphatic heterocycles. The molecule has 0 spiro atoms. The number of ketones is 1. The Kier molecular flexibility index (Phi) is 6.33. The van der Waals surface area contributed by atoms with E-state index in [9.17, 15) is 14.4 Å². The van der Waals surface area contributed by atoms with E-state index in [0.29, 0.717) is 37.6 Å². The highest BCUT2D eigenvalue weighted by molar-refractivity contribution is 6.21. The second-order valence-electron chi connectivity index (χ2n) is 6.24. The first kappa shape index (κ1) is 19.5. The number of morpholine rings is 1. The van der Waals surface area contributed by atoms with Crippen molar-refractivity contribution in [2.75, 3.05) is 32.9 Å². The van der Waals surface area contributed by atoms with E-state index in [2.05, 4.69) is 4.98 Å². The average molecular weight is 383 g/mol. The average Bonchev–Trinajstić information content (AvgIpc) is 3.26. The van der Waals surface area contributed by atoms with Gasteiger partial charge in [-0.15, -0.1) is 0 Å². The minimum Gasteiger partial charge on any atom is -0.484 e. The van der Waals surface area contributed by atoms with E-state index >= 15 is 0 Å². The minimum absolute atomic E-state index is 0.125. The van der Waals surface area contributed by atoms with Gasteiger partial charge in [0, 0.05) is 25.5 Å². The van der Waals surface area contributed by atoms with Gasteiger partial charge in [0.1, 0.15) is 12.1 Å². The molecule has 0 radical (unpaired) electrons. The number of benzene rings is 1. The van der Waals surface area contributed by atoms with Gasteiger partial charge < -0.3 is 14.4 Å². The van der Waals surface area contributed by atoms with E-state index in [1.54, 1.807) is 41.4 Å². The summed E-state index contributed by atoms with van der Waals surface area (Å²) in [7, 11) is 0. The molecule has 8 heteroatoms. The molecule has 146 valence electrons. The van der Waals surface area contributed by atoms with Gasteiger partial charge in [0.05, 0.1) is 18.8 Å². The standard InChI is InChI=1S/C20H21N3O5/c1-15(24)18(20(26)22-8-10-27-11-9-22)12-16-2-4-17(5-3-16)28-13-19(25)23-7-6-21-14-23/h2-7,12,14H,8-11,13H2,1H3/b18-12+. The van der Waals surface area contributed by atoms with E-state index in [1.165, 1.54) is 24.0 Å². The monoisotopic (exact) mass is 383 g/mol. The lowest BCUT2D eigenvalue weighted by atomic mass is 10.1. The van der Waals surface area contributed by atoms with E-state index in [0.717, 1.165) is 0 Å². The third-order valence-electron chi connectivity index (χ3n) is 4.25. The summed E-state index contributed by atoms with van der Waals surface area (Å²) < 4.78 is 12.1. The lowest BCUT2D eigenvalue weighted by Gasteiger charge is -2.27. The molecular weight excluding hydrogens is 362 g/mol. The van der Waals surface area contributed by atoms with Crippen molar-refractivity contribution in [3.8, 4) is 5.75 Å². The third kappa shape index (κ3) is 4.92. The van der Waals surface area contributed by atoms with Crippen molar-refractivity contribution < 1.29 is 23.9 Å². The highest BCUT2D eigenvalue weighted by Crippen LogP contribution is 2.17. The van der Waals surface area contributed by atoms with Gasteiger partial charge in [0.2, 0.25) is 0 Å². The molecular formula is C20H21N3O5. The number of Topliss-reactive ketones (excluding diaryl/α,β-unsaturated/α-hetero) is 1. The van der Waals surface area contributed by atoms with Crippen LogP contribution in [0.4, 0.5) is 0 Å². The summed E-state index contributed by atoms with van der Waals surface area (Å²) in [5, 5.41) is 0. The fraction of sp³-hybridized carbons (Fsp3) is 0.300. The summed E-state index contributed by atoms with van der Waals surface area (Å²) in [5.41, 5.74) is 0.825. The van der Waals surface area contributed by atoms with Crippen LogP contribution in [0, 0.1) is 0 Å². The number of aromatic nitrogens is 2. The molecule has 0 N–H and O–H groups in total. The fourth-order valence-electron chi connectivity index (χ4n) is 2.70. The molecule has 0 bridgehead atoms. The van der Waals surface area contributed by atoms with Gasteiger partial charge in [0.15, 0.2) is 12.4 Å². The van der Waals surface area contributed by atoms with Crippen molar-refractivity contribution in [1.82, 2.24) is 14.5 Å². The van der Waals surface area contributed by atoms with Crippen LogP contribution >= 0.6 is 0 Å². The molecule has 0 unspecified atom stereocenters. The molecule has 1 aromatic carbocycles. The maximum Gasteiger partial charge on any atom is 0.269 e. The zero-order valence-electron chi connectivity index (χ0n) is 15.5. The number of hydrogen-bond donors (Lipinski definition) is 0. The molecule has 0 aliphatic carbocycles. The van der Waals surface area contributed by atoms with Crippen LogP contribution in [0.1, 0.15) is 17.3 Å². The summed E-state index contributed by atoms with van der Waals surface area (Å²) in [4.78, 5) is 41.9. The number of ether oxygens (including phenoxy) is 2. The van der Waals surface area contributed by atoms with Gasteiger partial charge in [-0.25, -0.2) is 4.98 Å². The Bertz CT molecular complexity index is 866. The highest BCUT2D eigenvalue weighted by Gasteiger charge is 2.23. The van der Waals surface area contributed by atoms with Crippen molar-refractivity contribution in [1.29, 1.82) is 0 Å². The van der Waals surface area contributed by atoms with E-state index < -0.39 is 0 Å². The number of hydrogen-bond acceptors (Lipinski definition) is 6. The minimum atomic E-state index is -0.290. The van der Waals surface area contributed by atoms with Gasteiger partial charge in [-0.05, 0) is 30.7 Å². The first-order chi connectivity index (χ1) is 13.5. The summed E-state index contributed by atoms with van der Waals surface area (Å²) in [6.45, 7) is 3.15. The third-order valence-corrected chi connectivity index (χ3v) is 4.25. The zero-order valence-corrected chi connectivity index (χ0v) is 15.5. The van der Waals surface area contributed by atoms with Crippen molar-refractivity contribution in [2.24, 2.45) is 0 Å². The Balaban J connectivity index is 1.65. The quantitative estimate of drug-likeness (QED) is 0.426. The van der Waals surface area contributed by atoms with Crippen LogP contribution < -0.4 is 4.74 Å². The van der Waals surface area contributed by atoms with Crippen LogP contribution in [0.25, 0.3) is 6.08 Å². The summed E-state index contributed by atoms with van der Waals surface area (Å²) in [5.74, 6) is -0.309. The summed E-state index contributed by atoms with van der Waals surface area (Å²) in [6, 6.07) is 6.83. The van der Waals surface area contributed by atoms with Gasteiger partial charge >= 0.3 is 0 Å². The molecule has 2 heterocycles. The molecule has 1 aliphatic rings. The summed E-state index contributed by atoms with van der Waals surface area (Å²) >= 11 is 0. The van der Waals surface area contributed by atoms with Crippen LogP contribution in [0.3, 0.4) is 0 Å². The molecule has 1 saturated heterocycles. The molecule has 0 saturated carbocycles. The number of nitrogens with zero attached hydrogens (tertiary/aromatic N) is 3. The lowest BCUT2D eigenvalue weighted by Crippen LogP contribution is -2.42. The maximum absolute atomic E-state index is 12.6. The van der Waals surface area contributed by atoms with E-state index in [-0.39, 0.29) is 29.8 Å². The smallest absolute Gasteiger partial charge is 0.269 e. The second kappa shape index (κ2) is 9.09. The second-order valence-corrected chi connectivity index (χ2v) is 6.24. The van der Waals surface area contributed by atoms with Gasteiger partial charge in [-0.2, -0.15) is 0 Å². The predicted octanol–water partition coefficient (Wildman–Crippen LogP) is 1.43. The first-order valence-electron chi connectivity index (χ1n) is 8.88. The Morgan fingerprint density at radius 2 is 1.89 bits per heavy atom. The number of imidazole rings is 1. The SMILES string of the molecule is CC(=O)/C(=C\c1ccc(OCC(=O)n2ccnc2)cc1)C(=O)N1CCOCC1. The van der Waals surface area contributed by atoms with E-state index in [1.807, 2.05) is 0 Å². The van der Waals surface area contributed by atoms with Gasteiger partial charge in [-0.3, -0.25) is 19.0 Å². The number of amides is 1. The molecule has 1 amide bonds. The van der Waals surface area contributed by atoms with Gasteiger partial charge in [0.25, 0.3) is 11.8 Å². The van der Waals surface area contributed by atoms with Crippen molar-refractivity contribution in [3.63, 3.8) is 0 Å². The van der Waals surface area contributed by atoms with Crippen LogP contribution in [-0.2, 0) is 14.3 Å². The highest BCUT2D eigenvalue weighted by atomic mass is 16.5.